The second kappa shape index (κ2) is 5.79. The van der Waals surface area contributed by atoms with Crippen LogP contribution in [0.5, 0.6) is 0 Å². The number of nitrogens with one attached hydrogen (secondary N) is 1. The Balaban J connectivity index is 1.57. The standard InChI is InChI=1S/C18H17N5OS/c1-23-18-16(15(22-23)11-4-2-8-19-10-11)20-17(21-18)14-7-6-13(25-14)12-5-3-9-24-12/h2,4,6-8,10,12H,3,5,9H2,1H3,(H,20,21). The molecule has 0 bridgehead atoms. The second-order valence-electron chi connectivity index (χ2n) is 6.20. The average molecular weight is 351 g/mol. The van der Waals surface area contributed by atoms with E-state index >= 15 is 0 Å². The molecule has 0 spiro atoms. The summed E-state index contributed by atoms with van der Waals surface area (Å²) in [6.07, 6.45) is 6.08. The molecule has 0 aromatic carbocycles. The molecule has 0 amide bonds. The number of thiophene rings is 1. The first-order valence-electron chi connectivity index (χ1n) is 8.34. The van der Waals surface area contributed by atoms with Crippen molar-refractivity contribution in [3.05, 3.63) is 41.5 Å². The molecule has 0 aliphatic carbocycles. The summed E-state index contributed by atoms with van der Waals surface area (Å²) in [5, 5.41) is 4.59. The summed E-state index contributed by atoms with van der Waals surface area (Å²) < 4.78 is 7.60. The lowest BCUT2D eigenvalue weighted by Gasteiger charge is -2.04. The van der Waals surface area contributed by atoms with Crippen molar-refractivity contribution in [2.24, 2.45) is 7.05 Å². The summed E-state index contributed by atoms with van der Waals surface area (Å²) in [5.74, 6) is 0.877. The Morgan fingerprint density at radius 2 is 2.28 bits per heavy atom. The first-order valence-corrected chi connectivity index (χ1v) is 9.16. The molecule has 1 aliphatic heterocycles. The molecule has 1 N–H and O–H groups in total. The number of hydrogen-bond donors (Lipinski definition) is 1. The molecule has 25 heavy (non-hydrogen) atoms. The van der Waals surface area contributed by atoms with Gasteiger partial charge in [-0.2, -0.15) is 5.10 Å². The topological polar surface area (TPSA) is 68.6 Å². The van der Waals surface area contributed by atoms with E-state index in [0.29, 0.717) is 0 Å². The van der Waals surface area contributed by atoms with Crippen molar-refractivity contribution in [2.45, 2.75) is 18.9 Å². The van der Waals surface area contributed by atoms with Crippen LogP contribution in [0.2, 0.25) is 0 Å². The van der Waals surface area contributed by atoms with Crippen LogP contribution in [0.4, 0.5) is 0 Å². The maximum absolute atomic E-state index is 5.79. The first kappa shape index (κ1) is 14.8. The maximum atomic E-state index is 5.79. The van der Waals surface area contributed by atoms with Gasteiger partial charge in [0.05, 0.1) is 11.0 Å². The van der Waals surface area contributed by atoms with Crippen LogP contribution in [0.15, 0.2) is 36.7 Å². The van der Waals surface area contributed by atoms with E-state index in [1.807, 2.05) is 30.1 Å². The predicted molar refractivity (Wildman–Crippen MR) is 97.3 cm³/mol. The number of fused-ring (bicyclic) bond motifs is 1. The first-order chi connectivity index (χ1) is 12.3. The van der Waals surface area contributed by atoms with Crippen molar-refractivity contribution in [1.82, 2.24) is 24.7 Å². The lowest BCUT2D eigenvalue weighted by Crippen LogP contribution is -1.92. The fourth-order valence-corrected chi connectivity index (χ4v) is 4.32. The molecule has 5 rings (SSSR count). The average Bonchev–Trinajstić information content (AvgIpc) is 3.41. The zero-order valence-electron chi connectivity index (χ0n) is 13.8. The van der Waals surface area contributed by atoms with E-state index < -0.39 is 0 Å². The Morgan fingerprint density at radius 1 is 1.32 bits per heavy atom. The summed E-state index contributed by atoms with van der Waals surface area (Å²) in [6, 6.07) is 8.20. The summed E-state index contributed by atoms with van der Waals surface area (Å²) in [4.78, 5) is 14.8. The summed E-state index contributed by atoms with van der Waals surface area (Å²) >= 11 is 1.75. The van der Waals surface area contributed by atoms with Crippen LogP contribution in [-0.4, -0.2) is 31.3 Å². The highest BCUT2D eigenvalue weighted by atomic mass is 32.1. The van der Waals surface area contributed by atoms with Gasteiger partial charge in [-0.05, 0) is 37.1 Å². The van der Waals surface area contributed by atoms with Crippen LogP contribution in [-0.2, 0) is 11.8 Å². The van der Waals surface area contributed by atoms with Crippen LogP contribution >= 0.6 is 11.3 Å². The molecule has 4 aromatic heterocycles. The van der Waals surface area contributed by atoms with Gasteiger partial charge in [-0.1, -0.05) is 0 Å². The van der Waals surface area contributed by atoms with E-state index in [2.05, 4.69) is 27.2 Å². The van der Waals surface area contributed by atoms with Gasteiger partial charge in [0.25, 0.3) is 0 Å². The molecule has 5 heterocycles. The van der Waals surface area contributed by atoms with Crippen LogP contribution in [0.25, 0.3) is 33.1 Å². The SMILES string of the molecule is Cn1nc(-c2cccnc2)c2[nH]c(-c3ccc(C4CCCO4)s3)nc21. The van der Waals surface area contributed by atoms with Crippen LogP contribution in [0, 0.1) is 0 Å². The van der Waals surface area contributed by atoms with Crippen molar-refractivity contribution >= 4 is 22.5 Å². The largest absolute Gasteiger partial charge is 0.373 e. The molecule has 0 saturated carbocycles. The molecule has 7 heteroatoms. The highest BCUT2D eigenvalue weighted by Gasteiger charge is 2.21. The van der Waals surface area contributed by atoms with Crippen molar-refractivity contribution in [2.75, 3.05) is 6.61 Å². The number of H-pyrrole nitrogens is 1. The number of ether oxygens (including phenoxy) is 1. The highest BCUT2D eigenvalue weighted by molar-refractivity contribution is 7.15. The van der Waals surface area contributed by atoms with Crippen LogP contribution < -0.4 is 0 Å². The molecule has 126 valence electrons. The molecule has 1 fully saturated rings. The quantitative estimate of drug-likeness (QED) is 0.607. The van der Waals surface area contributed by atoms with Gasteiger partial charge in [-0.25, -0.2) is 9.67 Å². The van der Waals surface area contributed by atoms with E-state index in [4.69, 9.17) is 9.72 Å². The monoisotopic (exact) mass is 351 g/mol. The third-order valence-electron chi connectivity index (χ3n) is 4.52. The van der Waals surface area contributed by atoms with Gasteiger partial charge < -0.3 is 9.72 Å². The van der Waals surface area contributed by atoms with Gasteiger partial charge >= 0.3 is 0 Å². The molecular weight excluding hydrogens is 334 g/mol. The van der Waals surface area contributed by atoms with Gasteiger partial charge in [-0.15, -0.1) is 11.3 Å². The number of aryl methyl sites for hydroxylation is 1. The van der Waals surface area contributed by atoms with Crippen LogP contribution in [0.1, 0.15) is 23.8 Å². The van der Waals surface area contributed by atoms with E-state index in [1.165, 1.54) is 4.88 Å². The molecule has 6 nitrogen and oxygen atoms in total. The third-order valence-corrected chi connectivity index (χ3v) is 5.70. The molecule has 1 unspecified atom stereocenters. The zero-order chi connectivity index (χ0) is 16.8. The predicted octanol–water partition coefficient (Wildman–Crippen LogP) is 3.94. The highest BCUT2D eigenvalue weighted by Crippen LogP contribution is 2.37. The smallest absolute Gasteiger partial charge is 0.177 e. The van der Waals surface area contributed by atoms with Crippen molar-refractivity contribution < 1.29 is 4.74 Å². The third kappa shape index (κ3) is 2.47. The Morgan fingerprint density at radius 3 is 3.08 bits per heavy atom. The minimum absolute atomic E-state index is 0.246. The lowest BCUT2D eigenvalue weighted by molar-refractivity contribution is 0.114. The molecule has 1 saturated heterocycles. The number of nitrogens with zero attached hydrogens (tertiary/aromatic N) is 4. The summed E-state index contributed by atoms with van der Waals surface area (Å²) in [6.45, 7) is 0.864. The second-order valence-corrected chi connectivity index (χ2v) is 7.32. The number of pyridine rings is 1. The maximum Gasteiger partial charge on any atom is 0.177 e. The number of hydrogen-bond acceptors (Lipinski definition) is 5. The molecular formula is C18H17N5OS. The van der Waals surface area contributed by atoms with Crippen molar-refractivity contribution in [3.63, 3.8) is 0 Å². The van der Waals surface area contributed by atoms with Gasteiger partial charge in [0.1, 0.15) is 11.2 Å². The fraction of sp³-hybridized carbons (Fsp3) is 0.278. The summed E-state index contributed by atoms with van der Waals surface area (Å²) in [7, 11) is 1.92. The van der Waals surface area contributed by atoms with Gasteiger partial charge in [0, 0.05) is 36.5 Å². The number of aromatic amines is 1. The fourth-order valence-electron chi connectivity index (χ4n) is 3.29. The summed E-state index contributed by atoms with van der Waals surface area (Å²) in [5.41, 5.74) is 3.65. The Hall–Kier alpha value is -2.51. The van der Waals surface area contributed by atoms with Crippen molar-refractivity contribution in [3.8, 4) is 22.0 Å². The lowest BCUT2D eigenvalue weighted by atomic mass is 10.2. The van der Waals surface area contributed by atoms with E-state index in [9.17, 15) is 0 Å². The Kier molecular flexibility index (Phi) is 3.43. The minimum Gasteiger partial charge on any atom is -0.373 e. The van der Waals surface area contributed by atoms with Crippen LogP contribution in [0.3, 0.4) is 0 Å². The van der Waals surface area contributed by atoms with E-state index in [1.54, 1.807) is 17.5 Å². The molecule has 0 radical (unpaired) electrons. The zero-order valence-corrected chi connectivity index (χ0v) is 14.6. The van der Waals surface area contributed by atoms with Gasteiger partial charge in [0.15, 0.2) is 11.5 Å². The van der Waals surface area contributed by atoms with Gasteiger partial charge in [0.2, 0.25) is 0 Å². The molecule has 1 aliphatic rings. The van der Waals surface area contributed by atoms with E-state index in [0.717, 1.165) is 52.6 Å². The number of aromatic nitrogens is 5. The molecule has 1 atom stereocenters. The Bertz CT molecular complexity index is 1030. The van der Waals surface area contributed by atoms with E-state index in [-0.39, 0.29) is 6.10 Å². The number of rotatable bonds is 3. The normalized spacial score (nSPS) is 17.6. The van der Waals surface area contributed by atoms with Gasteiger partial charge in [-0.3, -0.25) is 4.98 Å². The Labute approximate surface area is 148 Å². The number of imidazole rings is 1. The minimum atomic E-state index is 0.246. The molecule has 4 aromatic rings. The van der Waals surface area contributed by atoms with Crippen molar-refractivity contribution in [1.29, 1.82) is 0 Å².